The predicted octanol–water partition coefficient (Wildman–Crippen LogP) is 1.35. The molecule has 6 heteroatoms. The molecule has 0 saturated heterocycles. The van der Waals surface area contributed by atoms with Crippen LogP contribution >= 0.6 is 12.4 Å². The number of sulfonamides is 1. The molecular weight excluding hydrogens is 260 g/mol. The standard InChI is InChI=1S/C11H18N2O2S.ClH/c1-9-4-5-10(2)11(8-9)16(14,15)13-7-3-6-12;/h4-5,8,13H,3,6-7,12H2,1-2H3;1H. The molecule has 0 amide bonds. The lowest BCUT2D eigenvalue weighted by Gasteiger charge is -2.09. The Morgan fingerprint density at radius 3 is 2.53 bits per heavy atom. The Morgan fingerprint density at radius 2 is 1.94 bits per heavy atom. The van der Waals surface area contributed by atoms with Crippen LogP contribution in [-0.4, -0.2) is 21.5 Å². The molecule has 0 fully saturated rings. The van der Waals surface area contributed by atoms with Gasteiger partial charge in [-0.05, 0) is 44.0 Å². The van der Waals surface area contributed by atoms with E-state index >= 15 is 0 Å². The highest BCUT2D eigenvalue weighted by Gasteiger charge is 2.15. The Balaban J connectivity index is 0.00000256. The van der Waals surface area contributed by atoms with Gasteiger partial charge in [0.2, 0.25) is 10.0 Å². The molecule has 1 aromatic carbocycles. The van der Waals surface area contributed by atoms with Crippen LogP contribution in [0.5, 0.6) is 0 Å². The fourth-order valence-corrected chi connectivity index (χ4v) is 2.78. The fourth-order valence-electron chi connectivity index (χ4n) is 1.38. The number of halogens is 1. The van der Waals surface area contributed by atoms with Gasteiger partial charge in [-0.2, -0.15) is 0 Å². The van der Waals surface area contributed by atoms with E-state index in [1.54, 1.807) is 13.0 Å². The first kappa shape index (κ1) is 16.4. The van der Waals surface area contributed by atoms with Crippen LogP contribution in [0.4, 0.5) is 0 Å². The van der Waals surface area contributed by atoms with Crippen molar-refractivity contribution in [3.05, 3.63) is 29.3 Å². The van der Waals surface area contributed by atoms with Crippen LogP contribution in [-0.2, 0) is 10.0 Å². The molecule has 0 bridgehead atoms. The highest BCUT2D eigenvalue weighted by Crippen LogP contribution is 2.16. The molecule has 1 aromatic rings. The molecule has 4 nitrogen and oxygen atoms in total. The average molecular weight is 279 g/mol. The summed E-state index contributed by atoms with van der Waals surface area (Å²) in [5.41, 5.74) is 7.01. The second-order valence-electron chi connectivity index (χ2n) is 3.81. The maximum absolute atomic E-state index is 11.9. The summed E-state index contributed by atoms with van der Waals surface area (Å²) in [4.78, 5) is 0.351. The van der Waals surface area contributed by atoms with Gasteiger partial charge in [0, 0.05) is 6.54 Å². The molecule has 0 unspecified atom stereocenters. The van der Waals surface area contributed by atoms with Gasteiger partial charge >= 0.3 is 0 Å². The lowest BCUT2D eigenvalue weighted by atomic mass is 10.2. The van der Waals surface area contributed by atoms with E-state index in [0.29, 0.717) is 24.4 Å². The molecule has 0 saturated carbocycles. The van der Waals surface area contributed by atoms with Gasteiger partial charge in [0.25, 0.3) is 0 Å². The van der Waals surface area contributed by atoms with Gasteiger partial charge in [-0.25, -0.2) is 13.1 Å². The second kappa shape index (κ2) is 6.96. The summed E-state index contributed by atoms with van der Waals surface area (Å²) in [5, 5.41) is 0. The minimum Gasteiger partial charge on any atom is -0.330 e. The van der Waals surface area contributed by atoms with E-state index in [-0.39, 0.29) is 12.4 Å². The molecule has 0 atom stereocenters. The first-order valence-electron chi connectivity index (χ1n) is 5.24. The third-order valence-corrected chi connectivity index (χ3v) is 3.91. The summed E-state index contributed by atoms with van der Waals surface area (Å²) >= 11 is 0. The molecular formula is C11H19ClN2O2S. The zero-order valence-corrected chi connectivity index (χ0v) is 11.7. The van der Waals surface area contributed by atoms with Crippen molar-refractivity contribution in [3.8, 4) is 0 Å². The Labute approximate surface area is 109 Å². The van der Waals surface area contributed by atoms with Crippen molar-refractivity contribution in [3.63, 3.8) is 0 Å². The molecule has 1 rings (SSSR count). The third kappa shape index (κ3) is 4.63. The predicted molar refractivity (Wildman–Crippen MR) is 72.0 cm³/mol. The van der Waals surface area contributed by atoms with E-state index in [4.69, 9.17) is 5.73 Å². The molecule has 0 aromatic heterocycles. The van der Waals surface area contributed by atoms with Crippen molar-refractivity contribution in [1.82, 2.24) is 4.72 Å². The molecule has 0 spiro atoms. The van der Waals surface area contributed by atoms with E-state index in [0.717, 1.165) is 11.1 Å². The first-order valence-corrected chi connectivity index (χ1v) is 6.72. The monoisotopic (exact) mass is 278 g/mol. The van der Waals surface area contributed by atoms with Crippen molar-refractivity contribution in [1.29, 1.82) is 0 Å². The van der Waals surface area contributed by atoms with Gasteiger partial charge in [0.05, 0.1) is 4.90 Å². The Hall–Kier alpha value is -0.620. The topological polar surface area (TPSA) is 72.2 Å². The van der Waals surface area contributed by atoms with Crippen LogP contribution in [0, 0.1) is 13.8 Å². The Bertz CT molecular complexity index is 461. The normalized spacial score (nSPS) is 11.0. The van der Waals surface area contributed by atoms with E-state index in [1.807, 2.05) is 19.1 Å². The largest absolute Gasteiger partial charge is 0.330 e. The maximum Gasteiger partial charge on any atom is 0.240 e. The number of hydrogen-bond acceptors (Lipinski definition) is 3. The number of aryl methyl sites for hydroxylation is 2. The first-order chi connectivity index (χ1) is 7.47. The van der Waals surface area contributed by atoms with Gasteiger partial charge in [-0.1, -0.05) is 12.1 Å². The van der Waals surface area contributed by atoms with E-state index < -0.39 is 10.0 Å². The summed E-state index contributed by atoms with van der Waals surface area (Å²) in [6.45, 7) is 4.52. The average Bonchev–Trinajstić information content (AvgIpc) is 2.22. The Kier molecular flexibility index (Phi) is 6.70. The minimum atomic E-state index is -3.39. The highest BCUT2D eigenvalue weighted by molar-refractivity contribution is 7.89. The lowest BCUT2D eigenvalue weighted by Crippen LogP contribution is -2.26. The maximum atomic E-state index is 11.9. The molecule has 98 valence electrons. The third-order valence-electron chi connectivity index (χ3n) is 2.31. The second-order valence-corrected chi connectivity index (χ2v) is 5.54. The summed E-state index contributed by atoms with van der Waals surface area (Å²) in [6.07, 6.45) is 0.643. The van der Waals surface area contributed by atoms with E-state index in [1.165, 1.54) is 0 Å². The van der Waals surface area contributed by atoms with Gasteiger partial charge in [0.1, 0.15) is 0 Å². The summed E-state index contributed by atoms with van der Waals surface area (Å²) in [6, 6.07) is 5.39. The van der Waals surface area contributed by atoms with Gasteiger partial charge < -0.3 is 5.73 Å². The summed E-state index contributed by atoms with van der Waals surface area (Å²) < 4.78 is 26.4. The van der Waals surface area contributed by atoms with Crippen molar-refractivity contribution in [2.75, 3.05) is 13.1 Å². The van der Waals surface area contributed by atoms with Crippen LogP contribution in [0.25, 0.3) is 0 Å². The molecule has 0 aliphatic rings. The summed E-state index contributed by atoms with van der Waals surface area (Å²) in [7, 11) is -3.39. The van der Waals surface area contributed by atoms with Crippen molar-refractivity contribution < 1.29 is 8.42 Å². The number of nitrogens with one attached hydrogen (secondary N) is 1. The zero-order chi connectivity index (χ0) is 12.2. The van der Waals surface area contributed by atoms with Crippen LogP contribution < -0.4 is 10.5 Å². The molecule has 3 N–H and O–H groups in total. The van der Waals surface area contributed by atoms with Crippen LogP contribution in [0.1, 0.15) is 17.5 Å². The van der Waals surface area contributed by atoms with Gasteiger partial charge in [0.15, 0.2) is 0 Å². The number of nitrogens with two attached hydrogens (primary N) is 1. The van der Waals surface area contributed by atoms with Crippen molar-refractivity contribution in [2.24, 2.45) is 5.73 Å². The van der Waals surface area contributed by atoms with Crippen LogP contribution in [0.15, 0.2) is 23.1 Å². The molecule has 0 aliphatic carbocycles. The lowest BCUT2D eigenvalue weighted by molar-refractivity contribution is 0.579. The molecule has 0 aliphatic heterocycles. The van der Waals surface area contributed by atoms with E-state index in [2.05, 4.69) is 4.72 Å². The molecule has 0 radical (unpaired) electrons. The van der Waals surface area contributed by atoms with Crippen LogP contribution in [0.2, 0.25) is 0 Å². The van der Waals surface area contributed by atoms with E-state index in [9.17, 15) is 8.42 Å². The van der Waals surface area contributed by atoms with Crippen molar-refractivity contribution >= 4 is 22.4 Å². The number of benzene rings is 1. The van der Waals surface area contributed by atoms with Crippen molar-refractivity contribution in [2.45, 2.75) is 25.2 Å². The molecule has 17 heavy (non-hydrogen) atoms. The Morgan fingerprint density at radius 1 is 1.29 bits per heavy atom. The smallest absolute Gasteiger partial charge is 0.240 e. The number of rotatable bonds is 5. The number of hydrogen-bond donors (Lipinski definition) is 2. The quantitative estimate of drug-likeness (QED) is 0.799. The fraction of sp³-hybridized carbons (Fsp3) is 0.455. The van der Waals surface area contributed by atoms with Crippen LogP contribution in [0.3, 0.4) is 0 Å². The SMILES string of the molecule is Cc1ccc(C)c(S(=O)(=O)NCCCN)c1.Cl. The zero-order valence-electron chi connectivity index (χ0n) is 10.1. The highest BCUT2D eigenvalue weighted by atomic mass is 35.5. The minimum absolute atomic E-state index is 0. The summed E-state index contributed by atoms with van der Waals surface area (Å²) in [5.74, 6) is 0. The van der Waals surface area contributed by atoms with Gasteiger partial charge in [-0.3, -0.25) is 0 Å². The molecule has 0 heterocycles. The van der Waals surface area contributed by atoms with Gasteiger partial charge in [-0.15, -0.1) is 12.4 Å².